The lowest BCUT2D eigenvalue weighted by atomic mass is 10.1. The van der Waals surface area contributed by atoms with E-state index in [2.05, 4.69) is 15.4 Å². The summed E-state index contributed by atoms with van der Waals surface area (Å²) in [5.74, 6) is 4.71. The van der Waals surface area contributed by atoms with Crippen LogP contribution in [0, 0.1) is 5.92 Å². The fourth-order valence-electron chi connectivity index (χ4n) is 0.959. The average Bonchev–Trinajstić information content (AvgIpc) is 2.28. The fraction of sp³-hybridized carbons (Fsp3) is 0.444. The molecule has 0 spiro atoms. The molecule has 6 heteroatoms. The predicted octanol–water partition coefficient (Wildman–Crippen LogP) is 0.583. The Morgan fingerprint density at radius 3 is 2.60 bits per heavy atom. The molecule has 0 fully saturated rings. The zero-order valence-electron chi connectivity index (χ0n) is 8.68. The Morgan fingerprint density at radius 1 is 1.47 bits per heavy atom. The normalized spacial score (nSPS) is 14.3. The fourth-order valence-corrected chi connectivity index (χ4v) is 1.86. The molecule has 2 unspecified atom stereocenters. The molecule has 3 N–H and O–H groups in total. The molecule has 0 radical (unpaired) electrons. The quantitative estimate of drug-likeness (QED) is 0.258. The standard InChI is InChI=1S/C9H14N4OS/c1-6(8(14)13-10)7(2)15-9-11-4-3-5-12-9/h3-7H,10H2,1-2H3,(H,13,14). The van der Waals surface area contributed by atoms with Crippen LogP contribution in [-0.4, -0.2) is 21.1 Å². The minimum Gasteiger partial charge on any atom is -0.294 e. The first kappa shape index (κ1) is 11.9. The van der Waals surface area contributed by atoms with Crippen LogP contribution in [-0.2, 0) is 4.79 Å². The molecule has 0 aliphatic carbocycles. The number of nitrogens with zero attached hydrogens (tertiary/aromatic N) is 2. The summed E-state index contributed by atoms with van der Waals surface area (Å²) in [6.07, 6.45) is 3.35. The van der Waals surface area contributed by atoms with Crippen molar-refractivity contribution in [3.05, 3.63) is 18.5 Å². The second-order valence-electron chi connectivity index (χ2n) is 3.15. The van der Waals surface area contributed by atoms with Gasteiger partial charge in [-0.05, 0) is 6.07 Å². The van der Waals surface area contributed by atoms with Gasteiger partial charge in [0.2, 0.25) is 5.91 Å². The number of thioether (sulfide) groups is 1. The third kappa shape index (κ3) is 3.49. The Morgan fingerprint density at radius 2 is 2.07 bits per heavy atom. The minimum absolute atomic E-state index is 0.0796. The van der Waals surface area contributed by atoms with Gasteiger partial charge in [-0.15, -0.1) is 0 Å². The lowest BCUT2D eigenvalue weighted by molar-refractivity contribution is -0.124. The van der Waals surface area contributed by atoms with Gasteiger partial charge in [-0.2, -0.15) is 0 Å². The van der Waals surface area contributed by atoms with E-state index < -0.39 is 0 Å². The van der Waals surface area contributed by atoms with Crippen LogP contribution in [0.15, 0.2) is 23.6 Å². The summed E-state index contributed by atoms with van der Waals surface area (Å²) in [5, 5.41) is 0.748. The van der Waals surface area contributed by atoms with Gasteiger partial charge < -0.3 is 0 Å². The van der Waals surface area contributed by atoms with Gasteiger partial charge in [-0.25, -0.2) is 15.8 Å². The first-order valence-corrected chi connectivity index (χ1v) is 5.47. The molecular weight excluding hydrogens is 212 g/mol. The van der Waals surface area contributed by atoms with Crippen molar-refractivity contribution >= 4 is 17.7 Å². The second-order valence-corrected chi connectivity index (χ2v) is 4.50. The largest absolute Gasteiger partial charge is 0.294 e. The van der Waals surface area contributed by atoms with Crippen molar-refractivity contribution in [3.8, 4) is 0 Å². The number of nitrogens with two attached hydrogens (primary N) is 1. The molecule has 1 rings (SSSR count). The van der Waals surface area contributed by atoms with Crippen LogP contribution in [0.25, 0.3) is 0 Å². The van der Waals surface area contributed by atoms with E-state index in [4.69, 9.17) is 5.84 Å². The highest BCUT2D eigenvalue weighted by Gasteiger charge is 2.20. The number of aromatic nitrogens is 2. The van der Waals surface area contributed by atoms with Gasteiger partial charge in [0.25, 0.3) is 0 Å². The van der Waals surface area contributed by atoms with E-state index in [1.807, 2.05) is 13.8 Å². The summed E-state index contributed by atoms with van der Waals surface area (Å²) in [7, 11) is 0. The number of hydrogen-bond acceptors (Lipinski definition) is 5. The number of nitrogens with one attached hydrogen (secondary N) is 1. The molecule has 1 aromatic heterocycles. The summed E-state index contributed by atoms with van der Waals surface area (Å²) in [6.45, 7) is 3.77. The number of hydrazine groups is 1. The number of rotatable bonds is 4. The first-order chi connectivity index (χ1) is 7.15. The summed E-state index contributed by atoms with van der Waals surface area (Å²) in [6, 6.07) is 1.75. The van der Waals surface area contributed by atoms with Crippen LogP contribution in [0.1, 0.15) is 13.8 Å². The van der Waals surface area contributed by atoms with Crippen LogP contribution in [0.2, 0.25) is 0 Å². The van der Waals surface area contributed by atoms with Crippen LogP contribution in [0.3, 0.4) is 0 Å². The highest BCUT2D eigenvalue weighted by atomic mass is 32.2. The lowest BCUT2D eigenvalue weighted by Crippen LogP contribution is -2.38. The topological polar surface area (TPSA) is 80.9 Å². The molecule has 0 saturated carbocycles. The third-order valence-corrected chi connectivity index (χ3v) is 3.30. The molecule has 15 heavy (non-hydrogen) atoms. The molecule has 0 aromatic carbocycles. The molecule has 82 valence electrons. The molecule has 1 heterocycles. The van der Waals surface area contributed by atoms with Crippen molar-refractivity contribution in [2.75, 3.05) is 0 Å². The molecule has 1 amide bonds. The molecule has 5 nitrogen and oxygen atoms in total. The van der Waals surface area contributed by atoms with Crippen molar-refractivity contribution in [3.63, 3.8) is 0 Å². The van der Waals surface area contributed by atoms with Crippen molar-refractivity contribution in [2.24, 2.45) is 11.8 Å². The van der Waals surface area contributed by atoms with E-state index in [1.165, 1.54) is 11.8 Å². The minimum atomic E-state index is -0.177. The maximum atomic E-state index is 11.3. The number of hydrogen-bond donors (Lipinski definition) is 2. The third-order valence-electron chi connectivity index (χ3n) is 2.09. The Balaban J connectivity index is 2.56. The zero-order chi connectivity index (χ0) is 11.3. The highest BCUT2D eigenvalue weighted by molar-refractivity contribution is 7.99. The van der Waals surface area contributed by atoms with Crippen LogP contribution >= 0.6 is 11.8 Å². The maximum absolute atomic E-state index is 11.3. The average molecular weight is 226 g/mol. The van der Waals surface area contributed by atoms with Crippen molar-refractivity contribution in [1.29, 1.82) is 0 Å². The molecule has 1 aromatic rings. The van der Waals surface area contributed by atoms with Crippen LogP contribution < -0.4 is 11.3 Å². The SMILES string of the molecule is CC(Sc1ncccn1)C(C)C(=O)NN. The molecular formula is C9H14N4OS. The van der Waals surface area contributed by atoms with Crippen molar-refractivity contribution in [1.82, 2.24) is 15.4 Å². The van der Waals surface area contributed by atoms with E-state index in [0.717, 1.165) is 0 Å². The Labute approximate surface area is 92.8 Å². The van der Waals surface area contributed by atoms with Crippen molar-refractivity contribution < 1.29 is 4.79 Å². The van der Waals surface area contributed by atoms with Gasteiger partial charge in [-0.1, -0.05) is 25.6 Å². The van der Waals surface area contributed by atoms with Crippen LogP contribution in [0.5, 0.6) is 0 Å². The molecule has 2 atom stereocenters. The van der Waals surface area contributed by atoms with E-state index in [9.17, 15) is 4.79 Å². The molecule has 0 aliphatic rings. The molecule has 0 bridgehead atoms. The monoisotopic (exact) mass is 226 g/mol. The summed E-state index contributed by atoms with van der Waals surface area (Å²) in [4.78, 5) is 19.4. The Bertz CT molecular complexity index is 319. The Kier molecular flexibility index (Phi) is 4.51. The maximum Gasteiger partial charge on any atom is 0.237 e. The van der Waals surface area contributed by atoms with E-state index in [0.29, 0.717) is 5.16 Å². The summed E-state index contributed by atoms with van der Waals surface area (Å²) < 4.78 is 0. The summed E-state index contributed by atoms with van der Waals surface area (Å²) in [5.41, 5.74) is 2.14. The molecule has 0 saturated heterocycles. The van der Waals surface area contributed by atoms with Crippen molar-refractivity contribution in [2.45, 2.75) is 24.3 Å². The Hall–Kier alpha value is -1.14. The van der Waals surface area contributed by atoms with Gasteiger partial charge in [0, 0.05) is 23.6 Å². The summed E-state index contributed by atoms with van der Waals surface area (Å²) >= 11 is 1.46. The second kappa shape index (κ2) is 5.67. The van der Waals surface area contributed by atoms with E-state index in [-0.39, 0.29) is 17.1 Å². The van der Waals surface area contributed by atoms with Gasteiger partial charge in [0.15, 0.2) is 5.16 Å². The first-order valence-electron chi connectivity index (χ1n) is 4.59. The molecule has 0 aliphatic heterocycles. The van der Waals surface area contributed by atoms with E-state index in [1.54, 1.807) is 18.5 Å². The zero-order valence-corrected chi connectivity index (χ0v) is 9.49. The van der Waals surface area contributed by atoms with Gasteiger partial charge in [-0.3, -0.25) is 10.2 Å². The smallest absolute Gasteiger partial charge is 0.237 e. The number of carbonyl (C=O) groups is 1. The van der Waals surface area contributed by atoms with E-state index >= 15 is 0 Å². The van der Waals surface area contributed by atoms with Gasteiger partial charge >= 0.3 is 0 Å². The predicted molar refractivity (Wildman–Crippen MR) is 58.8 cm³/mol. The number of amides is 1. The number of carbonyl (C=O) groups excluding carboxylic acids is 1. The van der Waals surface area contributed by atoms with Gasteiger partial charge in [0.05, 0.1) is 0 Å². The van der Waals surface area contributed by atoms with Gasteiger partial charge in [0.1, 0.15) is 0 Å². The van der Waals surface area contributed by atoms with Crippen LogP contribution in [0.4, 0.5) is 0 Å². The lowest BCUT2D eigenvalue weighted by Gasteiger charge is -2.16. The highest BCUT2D eigenvalue weighted by Crippen LogP contribution is 2.24.